The fraction of sp³-hybridized carbons (Fsp3) is 0.545. The fourth-order valence-corrected chi connectivity index (χ4v) is 5.32. The summed E-state index contributed by atoms with van der Waals surface area (Å²) in [6.45, 7) is 1.71. The number of thiocarbonyl (C=S) groups is 1. The van der Waals surface area contributed by atoms with E-state index in [1.54, 1.807) is 0 Å². The highest BCUT2D eigenvalue weighted by molar-refractivity contribution is 7.80. The number of hydrogen-bond donors (Lipinski definition) is 1. The Labute approximate surface area is 172 Å². The van der Waals surface area contributed by atoms with Crippen LogP contribution in [0.1, 0.15) is 67.9 Å². The summed E-state index contributed by atoms with van der Waals surface area (Å²) in [5.41, 5.74) is 2.35. The molecule has 0 radical (unpaired) electrons. The largest absolute Gasteiger partial charge is 0.376 e. The molecule has 3 aliphatic rings. The van der Waals surface area contributed by atoms with Crippen molar-refractivity contribution in [3.05, 3.63) is 54.1 Å². The van der Waals surface area contributed by atoms with Crippen molar-refractivity contribution in [3.8, 4) is 0 Å². The molecule has 0 amide bonds. The van der Waals surface area contributed by atoms with Gasteiger partial charge in [0, 0.05) is 37.8 Å². The van der Waals surface area contributed by atoms with Crippen molar-refractivity contribution in [2.24, 2.45) is 0 Å². The second kappa shape index (κ2) is 7.84. The first-order valence-corrected chi connectivity index (χ1v) is 11.0. The van der Waals surface area contributed by atoms with Gasteiger partial charge >= 0.3 is 0 Å². The number of nitrogens with one attached hydrogen (secondary N) is 1. The zero-order valence-corrected chi connectivity index (χ0v) is 17.0. The van der Waals surface area contributed by atoms with Crippen LogP contribution in [-0.2, 0) is 4.74 Å². The SMILES string of the molecule is S=C1N[C@H](c2ccccn2)[C@@H](c2ccn(C3CCCC3)c2)N1C[C@H]1CCCO1. The molecule has 3 fully saturated rings. The first kappa shape index (κ1) is 18.1. The minimum absolute atomic E-state index is 0.0644. The third-order valence-corrected chi connectivity index (χ3v) is 6.80. The number of nitrogens with zero attached hydrogens (tertiary/aromatic N) is 3. The van der Waals surface area contributed by atoms with Gasteiger partial charge in [0.15, 0.2) is 5.11 Å². The van der Waals surface area contributed by atoms with Crippen LogP contribution >= 0.6 is 12.2 Å². The third kappa shape index (κ3) is 3.44. The molecule has 3 atom stereocenters. The smallest absolute Gasteiger partial charge is 0.170 e. The van der Waals surface area contributed by atoms with Crippen molar-refractivity contribution in [1.82, 2.24) is 19.8 Å². The number of ether oxygens (including phenoxy) is 1. The molecular weight excluding hydrogens is 368 g/mol. The van der Waals surface area contributed by atoms with Gasteiger partial charge in [0.1, 0.15) is 0 Å². The van der Waals surface area contributed by atoms with Gasteiger partial charge in [-0.3, -0.25) is 4.98 Å². The molecule has 0 unspecified atom stereocenters. The molecule has 0 bridgehead atoms. The van der Waals surface area contributed by atoms with E-state index in [2.05, 4.69) is 50.4 Å². The lowest BCUT2D eigenvalue weighted by Crippen LogP contribution is -2.36. The predicted octanol–water partition coefficient (Wildman–Crippen LogP) is 4.15. The van der Waals surface area contributed by atoms with Crippen LogP contribution in [0.5, 0.6) is 0 Å². The van der Waals surface area contributed by atoms with Gasteiger partial charge in [0.25, 0.3) is 0 Å². The summed E-state index contributed by atoms with van der Waals surface area (Å²) in [7, 11) is 0. The van der Waals surface area contributed by atoms with Crippen molar-refractivity contribution in [2.45, 2.75) is 62.8 Å². The van der Waals surface area contributed by atoms with E-state index >= 15 is 0 Å². The first-order chi connectivity index (χ1) is 13.8. The summed E-state index contributed by atoms with van der Waals surface area (Å²) >= 11 is 5.77. The van der Waals surface area contributed by atoms with Crippen LogP contribution in [-0.4, -0.2) is 38.8 Å². The number of rotatable bonds is 5. The van der Waals surface area contributed by atoms with Crippen LogP contribution in [0.4, 0.5) is 0 Å². The fourth-order valence-electron chi connectivity index (χ4n) is 5.01. The highest BCUT2D eigenvalue weighted by atomic mass is 32.1. The van der Waals surface area contributed by atoms with Gasteiger partial charge < -0.3 is 19.5 Å². The lowest BCUT2D eigenvalue weighted by molar-refractivity contribution is 0.0842. The molecule has 2 saturated heterocycles. The Hall–Kier alpha value is -1.92. The highest BCUT2D eigenvalue weighted by Gasteiger charge is 2.41. The van der Waals surface area contributed by atoms with Gasteiger partial charge in [-0.25, -0.2) is 0 Å². The molecule has 28 heavy (non-hydrogen) atoms. The molecule has 2 aromatic rings. The Balaban J connectivity index is 1.47. The number of hydrogen-bond acceptors (Lipinski definition) is 3. The summed E-state index contributed by atoms with van der Waals surface area (Å²) in [4.78, 5) is 6.97. The van der Waals surface area contributed by atoms with E-state index in [4.69, 9.17) is 17.0 Å². The van der Waals surface area contributed by atoms with Gasteiger partial charge in [-0.1, -0.05) is 18.9 Å². The first-order valence-electron chi connectivity index (χ1n) is 10.6. The summed E-state index contributed by atoms with van der Waals surface area (Å²) < 4.78 is 8.35. The molecular formula is C22H28N4OS. The zero-order chi connectivity index (χ0) is 18.9. The standard InChI is InChI=1S/C22H28N4OS/c28-22-24-20(19-9-3-4-11-23-19)21(26(22)15-18-8-5-13-27-18)16-10-12-25(14-16)17-6-1-2-7-17/h3-4,9-12,14,17-18,20-21H,1-2,5-8,13,15H2,(H,24,28)/t18-,20-,21-/m1/s1. The third-order valence-electron chi connectivity index (χ3n) is 6.45. The maximum atomic E-state index is 5.92. The molecule has 1 N–H and O–H groups in total. The number of aromatic nitrogens is 2. The average Bonchev–Trinajstić information content (AvgIpc) is 3.51. The summed E-state index contributed by atoms with van der Waals surface area (Å²) in [6.07, 6.45) is 14.3. The predicted molar refractivity (Wildman–Crippen MR) is 113 cm³/mol. The highest BCUT2D eigenvalue weighted by Crippen LogP contribution is 2.40. The van der Waals surface area contributed by atoms with Crippen molar-refractivity contribution in [3.63, 3.8) is 0 Å². The molecule has 148 valence electrons. The maximum Gasteiger partial charge on any atom is 0.170 e. The lowest BCUT2D eigenvalue weighted by Gasteiger charge is -2.29. The quantitative estimate of drug-likeness (QED) is 0.769. The number of pyridine rings is 1. The maximum absolute atomic E-state index is 5.92. The second-order valence-corrected chi connectivity index (χ2v) is 8.63. The Morgan fingerprint density at radius 1 is 1.14 bits per heavy atom. The molecule has 4 heterocycles. The second-order valence-electron chi connectivity index (χ2n) is 8.24. The molecule has 5 rings (SSSR count). The van der Waals surface area contributed by atoms with E-state index in [1.807, 2.05) is 12.3 Å². The van der Waals surface area contributed by atoms with Crippen LogP contribution in [0.2, 0.25) is 0 Å². The Bertz CT molecular complexity index is 811. The van der Waals surface area contributed by atoms with Gasteiger partial charge in [-0.05, 0) is 61.7 Å². The molecule has 0 spiro atoms. The van der Waals surface area contributed by atoms with E-state index in [0.717, 1.165) is 36.8 Å². The van der Waals surface area contributed by atoms with Crippen molar-refractivity contribution in [2.75, 3.05) is 13.2 Å². The van der Waals surface area contributed by atoms with Gasteiger partial charge in [-0.2, -0.15) is 0 Å². The summed E-state index contributed by atoms with van der Waals surface area (Å²) in [5, 5.41) is 4.36. The minimum Gasteiger partial charge on any atom is -0.376 e. The molecule has 2 aliphatic heterocycles. The van der Waals surface area contributed by atoms with Gasteiger partial charge in [-0.15, -0.1) is 0 Å². The molecule has 0 aromatic carbocycles. The van der Waals surface area contributed by atoms with E-state index in [1.165, 1.54) is 31.2 Å². The van der Waals surface area contributed by atoms with E-state index in [9.17, 15) is 0 Å². The zero-order valence-electron chi connectivity index (χ0n) is 16.2. The Morgan fingerprint density at radius 3 is 2.79 bits per heavy atom. The van der Waals surface area contributed by atoms with Gasteiger partial charge in [0.05, 0.1) is 23.9 Å². The molecule has 6 heteroatoms. The van der Waals surface area contributed by atoms with Crippen molar-refractivity contribution >= 4 is 17.3 Å². The van der Waals surface area contributed by atoms with Crippen molar-refractivity contribution < 1.29 is 4.74 Å². The molecule has 5 nitrogen and oxygen atoms in total. The Kier molecular flexibility index (Phi) is 5.07. The topological polar surface area (TPSA) is 42.3 Å². The van der Waals surface area contributed by atoms with Crippen LogP contribution in [0.15, 0.2) is 42.9 Å². The molecule has 2 aromatic heterocycles. The van der Waals surface area contributed by atoms with Gasteiger partial charge in [0.2, 0.25) is 0 Å². The average molecular weight is 397 g/mol. The van der Waals surface area contributed by atoms with E-state index in [-0.39, 0.29) is 18.2 Å². The van der Waals surface area contributed by atoms with Crippen LogP contribution in [0.25, 0.3) is 0 Å². The lowest BCUT2D eigenvalue weighted by atomic mass is 9.99. The summed E-state index contributed by atoms with van der Waals surface area (Å²) in [6, 6.07) is 9.25. The van der Waals surface area contributed by atoms with E-state index < -0.39 is 0 Å². The van der Waals surface area contributed by atoms with Crippen LogP contribution in [0, 0.1) is 0 Å². The molecule has 1 saturated carbocycles. The minimum atomic E-state index is 0.0644. The molecule has 1 aliphatic carbocycles. The Morgan fingerprint density at radius 2 is 2.04 bits per heavy atom. The summed E-state index contributed by atoms with van der Waals surface area (Å²) in [5.74, 6) is 0. The monoisotopic (exact) mass is 396 g/mol. The van der Waals surface area contributed by atoms with Crippen LogP contribution in [0.3, 0.4) is 0 Å². The van der Waals surface area contributed by atoms with Crippen molar-refractivity contribution in [1.29, 1.82) is 0 Å². The normalized spacial score (nSPS) is 28.2. The van der Waals surface area contributed by atoms with E-state index in [0.29, 0.717) is 6.04 Å². The van der Waals surface area contributed by atoms with Crippen LogP contribution < -0.4 is 5.32 Å².